The molecule has 0 saturated carbocycles. The van der Waals surface area contributed by atoms with Crippen LogP contribution in [0, 0.1) is 0 Å². The molecule has 1 atom stereocenters. The molecule has 0 bridgehead atoms. The van der Waals surface area contributed by atoms with Crippen molar-refractivity contribution in [3.05, 3.63) is 100 Å². The number of ketones is 1. The van der Waals surface area contributed by atoms with E-state index in [-0.39, 0.29) is 34.6 Å². The van der Waals surface area contributed by atoms with Gasteiger partial charge in [0.2, 0.25) is 0 Å². The first-order valence-electron chi connectivity index (χ1n) is 12.8. The van der Waals surface area contributed by atoms with E-state index in [1.165, 1.54) is 24.3 Å². The van der Waals surface area contributed by atoms with E-state index in [9.17, 15) is 22.8 Å². The van der Waals surface area contributed by atoms with Gasteiger partial charge in [-0.2, -0.15) is 0 Å². The topological polar surface area (TPSA) is 108 Å². The quantitative estimate of drug-likeness (QED) is 0.198. The molecular formula is C30H33ClF3N3O4. The molecule has 11 heteroatoms. The van der Waals surface area contributed by atoms with Crippen molar-refractivity contribution < 1.29 is 32.2 Å². The lowest BCUT2D eigenvalue weighted by Gasteiger charge is -2.27. The first-order chi connectivity index (χ1) is 19.0. The largest absolute Gasteiger partial charge is 0.573 e. The molecule has 1 amide bonds. The SMILES string of the molecule is CC(C)c1ccc(C(=O)C2=C(OC(C)(C)C)C(=O)N(/C(N)=C/C=C(\N)CCl)C2c2ccc(OC(F)(F)F)cc2)cc1. The Balaban J connectivity index is 2.24. The van der Waals surface area contributed by atoms with Gasteiger partial charge in [-0.15, -0.1) is 24.8 Å². The number of allylic oxidation sites excluding steroid dienone is 3. The minimum absolute atomic E-state index is 0.00850. The van der Waals surface area contributed by atoms with E-state index in [0.29, 0.717) is 11.1 Å². The van der Waals surface area contributed by atoms with Crippen molar-refractivity contribution in [2.24, 2.45) is 11.5 Å². The predicted octanol–water partition coefficient (Wildman–Crippen LogP) is 6.43. The first-order valence-corrected chi connectivity index (χ1v) is 13.3. The summed E-state index contributed by atoms with van der Waals surface area (Å²) in [5.74, 6) is -1.74. The summed E-state index contributed by atoms with van der Waals surface area (Å²) < 4.78 is 48.4. The van der Waals surface area contributed by atoms with Gasteiger partial charge in [-0.25, -0.2) is 0 Å². The number of rotatable bonds is 9. The zero-order chi connectivity index (χ0) is 30.7. The number of hydrogen-bond donors (Lipinski definition) is 2. The van der Waals surface area contributed by atoms with E-state index in [4.69, 9.17) is 27.8 Å². The summed E-state index contributed by atoms with van der Waals surface area (Å²) in [5.41, 5.74) is 13.1. The lowest BCUT2D eigenvalue weighted by atomic mass is 9.91. The third-order valence-corrected chi connectivity index (χ3v) is 6.32. The van der Waals surface area contributed by atoms with Crippen LogP contribution < -0.4 is 16.2 Å². The maximum atomic E-state index is 14.1. The molecule has 0 saturated heterocycles. The van der Waals surface area contributed by atoms with Gasteiger partial charge in [0.25, 0.3) is 5.91 Å². The van der Waals surface area contributed by atoms with Crippen molar-refractivity contribution in [1.29, 1.82) is 0 Å². The molecule has 0 aromatic heterocycles. The van der Waals surface area contributed by atoms with Crippen LogP contribution in [0.25, 0.3) is 0 Å². The number of ether oxygens (including phenoxy) is 2. The van der Waals surface area contributed by atoms with Crippen LogP contribution in [0.1, 0.15) is 68.1 Å². The summed E-state index contributed by atoms with van der Waals surface area (Å²) in [7, 11) is 0. The molecule has 4 N–H and O–H groups in total. The standard InChI is InChI=1S/C30H33ClF3N3O4/c1-17(2)18-6-8-20(9-7-18)26(38)24-25(19-10-13-22(14-11-19)40-30(32,33)34)37(23(36)15-12-21(35)16-31)28(39)27(24)41-29(3,4)5/h6-15,17,25H,16,35-36H2,1-5H3/b21-12-,23-15+. The number of carbonyl (C=O) groups excluding carboxylic acids is 2. The highest BCUT2D eigenvalue weighted by Crippen LogP contribution is 2.43. The number of benzene rings is 2. The normalized spacial score (nSPS) is 17.0. The van der Waals surface area contributed by atoms with Gasteiger partial charge in [-0.1, -0.05) is 50.2 Å². The molecule has 2 aromatic rings. The van der Waals surface area contributed by atoms with Crippen molar-refractivity contribution in [2.75, 3.05) is 5.88 Å². The molecule has 2 aromatic carbocycles. The second kappa shape index (κ2) is 12.3. The van der Waals surface area contributed by atoms with Crippen molar-refractivity contribution >= 4 is 23.3 Å². The molecule has 220 valence electrons. The zero-order valence-corrected chi connectivity index (χ0v) is 24.1. The number of hydrogen-bond acceptors (Lipinski definition) is 6. The molecule has 1 aliphatic heterocycles. The van der Waals surface area contributed by atoms with Crippen molar-refractivity contribution in [1.82, 2.24) is 4.90 Å². The summed E-state index contributed by atoms with van der Waals surface area (Å²) in [6.45, 7) is 9.19. The number of halogens is 4. The summed E-state index contributed by atoms with van der Waals surface area (Å²) >= 11 is 5.76. The van der Waals surface area contributed by atoms with Gasteiger partial charge in [0.1, 0.15) is 17.2 Å². The van der Waals surface area contributed by atoms with Gasteiger partial charge in [-0.05, 0) is 62.1 Å². The van der Waals surface area contributed by atoms with Crippen LogP contribution in [-0.2, 0) is 9.53 Å². The number of alkyl halides is 4. The number of carbonyl (C=O) groups is 2. The van der Waals surface area contributed by atoms with Gasteiger partial charge < -0.3 is 20.9 Å². The molecule has 0 radical (unpaired) electrons. The van der Waals surface area contributed by atoms with Gasteiger partial charge in [-0.3, -0.25) is 14.5 Å². The Labute approximate surface area is 242 Å². The molecule has 1 aliphatic rings. The van der Waals surface area contributed by atoms with Gasteiger partial charge in [0.15, 0.2) is 11.5 Å². The number of amides is 1. The first kappa shape index (κ1) is 31.6. The maximum absolute atomic E-state index is 14.1. The summed E-state index contributed by atoms with van der Waals surface area (Å²) in [4.78, 5) is 29.1. The Kier molecular flexibility index (Phi) is 9.48. The van der Waals surface area contributed by atoms with Gasteiger partial charge in [0.05, 0.1) is 17.5 Å². The zero-order valence-electron chi connectivity index (χ0n) is 23.4. The Morgan fingerprint density at radius 2 is 1.59 bits per heavy atom. The van der Waals surface area contributed by atoms with E-state index < -0.39 is 35.4 Å². The molecule has 0 fully saturated rings. The Bertz CT molecular complexity index is 1370. The number of nitrogens with two attached hydrogens (primary N) is 2. The van der Waals surface area contributed by atoms with E-state index in [2.05, 4.69) is 4.74 Å². The minimum atomic E-state index is -4.89. The molecule has 7 nitrogen and oxygen atoms in total. The lowest BCUT2D eigenvalue weighted by Crippen LogP contribution is -2.35. The highest BCUT2D eigenvalue weighted by molar-refractivity contribution is 6.19. The van der Waals surface area contributed by atoms with Crippen LogP contribution in [0.15, 0.2) is 83.5 Å². The molecular weight excluding hydrogens is 559 g/mol. The fourth-order valence-electron chi connectivity index (χ4n) is 4.15. The van der Waals surface area contributed by atoms with Crippen LogP contribution in [0.5, 0.6) is 5.75 Å². The third kappa shape index (κ3) is 7.85. The van der Waals surface area contributed by atoms with Crippen molar-refractivity contribution in [3.8, 4) is 5.75 Å². The van der Waals surface area contributed by atoms with Crippen molar-refractivity contribution in [3.63, 3.8) is 0 Å². The van der Waals surface area contributed by atoms with E-state index in [1.54, 1.807) is 32.9 Å². The lowest BCUT2D eigenvalue weighted by molar-refractivity contribution is -0.274. The Morgan fingerprint density at radius 3 is 2.07 bits per heavy atom. The molecule has 0 aliphatic carbocycles. The highest BCUT2D eigenvalue weighted by atomic mass is 35.5. The molecule has 3 rings (SSSR count). The second-order valence-corrected chi connectivity index (χ2v) is 11.0. The summed E-state index contributed by atoms with van der Waals surface area (Å²) in [5, 5.41) is 0. The molecule has 1 heterocycles. The monoisotopic (exact) mass is 591 g/mol. The molecule has 41 heavy (non-hydrogen) atoms. The Morgan fingerprint density at radius 1 is 1.00 bits per heavy atom. The maximum Gasteiger partial charge on any atom is 0.573 e. The van der Waals surface area contributed by atoms with Crippen LogP contribution >= 0.6 is 11.6 Å². The minimum Gasteiger partial charge on any atom is -0.482 e. The smallest absolute Gasteiger partial charge is 0.482 e. The fourth-order valence-corrected chi connectivity index (χ4v) is 4.24. The summed E-state index contributed by atoms with van der Waals surface area (Å²) in [6, 6.07) is 10.7. The highest BCUT2D eigenvalue weighted by Gasteiger charge is 2.47. The molecule has 1 unspecified atom stereocenters. The van der Waals surface area contributed by atoms with Gasteiger partial charge >= 0.3 is 6.36 Å². The van der Waals surface area contributed by atoms with Gasteiger partial charge in [0, 0.05) is 11.3 Å². The van der Waals surface area contributed by atoms with E-state index in [1.807, 2.05) is 26.0 Å². The van der Waals surface area contributed by atoms with E-state index in [0.717, 1.165) is 22.6 Å². The van der Waals surface area contributed by atoms with Crippen LogP contribution in [0.4, 0.5) is 13.2 Å². The second-order valence-electron chi connectivity index (χ2n) is 10.7. The predicted molar refractivity (Wildman–Crippen MR) is 151 cm³/mol. The number of nitrogens with zero attached hydrogens (tertiary/aromatic N) is 1. The van der Waals surface area contributed by atoms with Crippen LogP contribution in [-0.4, -0.2) is 34.4 Å². The van der Waals surface area contributed by atoms with Crippen LogP contribution in [0.2, 0.25) is 0 Å². The van der Waals surface area contributed by atoms with Crippen molar-refractivity contribution in [2.45, 2.75) is 58.5 Å². The summed E-state index contributed by atoms with van der Waals surface area (Å²) in [6.07, 6.45) is -2.11. The molecule has 0 spiro atoms. The average molecular weight is 592 g/mol. The van der Waals surface area contributed by atoms with E-state index >= 15 is 0 Å². The fraction of sp³-hybridized carbons (Fsp3) is 0.333. The average Bonchev–Trinajstić information content (AvgIpc) is 3.16. The Hall–Kier alpha value is -3.92. The van der Waals surface area contributed by atoms with Crippen LogP contribution in [0.3, 0.4) is 0 Å². The number of Topliss-reactive ketones (excluding diaryl/α,β-unsaturated/α-hetero) is 1. The third-order valence-electron chi connectivity index (χ3n) is 6.01.